The van der Waals surface area contributed by atoms with Crippen molar-refractivity contribution in [1.82, 2.24) is 25.2 Å². The van der Waals surface area contributed by atoms with E-state index in [1.165, 1.54) is 0 Å². The van der Waals surface area contributed by atoms with Crippen LogP contribution in [0.4, 0.5) is 0 Å². The van der Waals surface area contributed by atoms with Crippen LogP contribution >= 0.6 is 0 Å². The summed E-state index contributed by atoms with van der Waals surface area (Å²) < 4.78 is 7.12. The van der Waals surface area contributed by atoms with Crippen LogP contribution in [0.2, 0.25) is 0 Å². The van der Waals surface area contributed by atoms with Gasteiger partial charge in [-0.3, -0.25) is 4.79 Å². The number of aromatic nitrogens is 3. The highest BCUT2D eigenvalue weighted by Crippen LogP contribution is 2.17. The maximum Gasteiger partial charge on any atom is 0.275 e. The zero-order valence-corrected chi connectivity index (χ0v) is 11.8. The van der Waals surface area contributed by atoms with Crippen molar-refractivity contribution in [2.45, 2.75) is 18.9 Å². The summed E-state index contributed by atoms with van der Waals surface area (Å²) in [7, 11) is 1.84. The molecule has 1 aromatic rings. The maximum absolute atomic E-state index is 12.3. The van der Waals surface area contributed by atoms with Crippen LogP contribution in [0.3, 0.4) is 0 Å². The minimum atomic E-state index is -0.0463. The van der Waals surface area contributed by atoms with Gasteiger partial charge in [0.05, 0.1) is 12.2 Å². The van der Waals surface area contributed by atoms with Gasteiger partial charge in [0, 0.05) is 39.9 Å². The first kappa shape index (κ1) is 13.5. The molecule has 3 heterocycles. The minimum Gasteiger partial charge on any atom is -0.381 e. The molecule has 0 aliphatic carbocycles. The number of rotatable bonds is 4. The lowest BCUT2D eigenvalue weighted by Gasteiger charge is -2.27. The third-order valence-corrected chi connectivity index (χ3v) is 4.08. The van der Waals surface area contributed by atoms with E-state index in [1.54, 1.807) is 15.8 Å². The molecule has 1 aromatic heterocycles. The Hall–Kier alpha value is -1.47. The van der Waals surface area contributed by atoms with Gasteiger partial charge in [-0.25, -0.2) is 4.68 Å². The Morgan fingerprint density at radius 1 is 1.50 bits per heavy atom. The van der Waals surface area contributed by atoms with Gasteiger partial charge < -0.3 is 15.0 Å². The fraction of sp³-hybridized carbons (Fsp3) is 0.769. The minimum absolute atomic E-state index is 0.0463. The summed E-state index contributed by atoms with van der Waals surface area (Å²) in [5.41, 5.74) is 0.437. The summed E-state index contributed by atoms with van der Waals surface area (Å²) >= 11 is 0. The van der Waals surface area contributed by atoms with Crippen molar-refractivity contribution < 1.29 is 9.53 Å². The Bertz CT molecular complexity index is 465. The van der Waals surface area contributed by atoms with Gasteiger partial charge in [-0.15, -0.1) is 5.10 Å². The fourth-order valence-corrected chi connectivity index (χ4v) is 2.61. The van der Waals surface area contributed by atoms with Crippen LogP contribution in [0.5, 0.6) is 0 Å². The molecule has 0 radical (unpaired) electrons. The number of hydrogen-bond donors (Lipinski definition) is 1. The van der Waals surface area contributed by atoms with Crippen LogP contribution in [-0.2, 0) is 4.74 Å². The molecule has 1 N–H and O–H groups in total. The van der Waals surface area contributed by atoms with Crippen LogP contribution in [0, 0.1) is 5.92 Å². The molecule has 2 saturated heterocycles. The predicted molar refractivity (Wildman–Crippen MR) is 72.4 cm³/mol. The van der Waals surface area contributed by atoms with Gasteiger partial charge in [0.25, 0.3) is 5.91 Å². The second kappa shape index (κ2) is 5.88. The summed E-state index contributed by atoms with van der Waals surface area (Å²) in [6.07, 6.45) is 3.81. The Morgan fingerprint density at radius 2 is 2.25 bits per heavy atom. The van der Waals surface area contributed by atoms with Crippen molar-refractivity contribution in [1.29, 1.82) is 0 Å². The summed E-state index contributed by atoms with van der Waals surface area (Å²) in [5, 5.41) is 11.2. The number of nitrogens with zero attached hydrogens (tertiary/aromatic N) is 4. The summed E-state index contributed by atoms with van der Waals surface area (Å²) in [4.78, 5) is 14.1. The molecule has 0 aromatic carbocycles. The molecular weight excluding hydrogens is 258 g/mol. The number of ether oxygens (including phenoxy) is 1. The van der Waals surface area contributed by atoms with Crippen molar-refractivity contribution in [2.75, 3.05) is 39.9 Å². The van der Waals surface area contributed by atoms with E-state index in [0.29, 0.717) is 17.7 Å². The number of hydrogen-bond acceptors (Lipinski definition) is 5. The molecule has 2 fully saturated rings. The molecule has 2 aliphatic rings. The molecule has 0 spiro atoms. The Balaban J connectivity index is 1.57. The van der Waals surface area contributed by atoms with Crippen molar-refractivity contribution in [2.24, 2.45) is 5.92 Å². The van der Waals surface area contributed by atoms with E-state index in [4.69, 9.17) is 4.74 Å². The molecule has 3 rings (SSSR count). The van der Waals surface area contributed by atoms with Crippen molar-refractivity contribution in [3.05, 3.63) is 11.9 Å². The molecule has 0 bridgehead atoms. The molecule has 0 unspecified atom stereocenters. The lowest BCUT2D eigenvalue weighted by Crippen LogP contribution is -2.43. The number of amides is 1. The van der Waals surface area contributed by atoms with Crippen LogP contribution in [0.1, 0.15) is 29.4 Å². The van der Waals surface area contributed by atoms with Crippen LogP contribution < -0.4 is 5.32 Å². The summed E-state index contributed by atoms with van der Waals surface area (Å²) in [6, 6.07) is 0.338. The third kappa shape index (κ3) is 2.83. The lowest BCUT2D eigenvalue weighted by molar-refractivity contribution is 0.0495. The average molecular weight is 279 g/mol. The zero-order chi connectivity index (χ0) is 13.9. The topological polar surface area (TPSA) is 72.3 Å². The van der Waals surface area contributed by atoms with Crippen LogP contribution in [0.25, 0.3) is 0 Å². The number of carbonyl (C=O) groups excluding carboxylic acids is 1. The predicted octanol–water partition coefficient (Wildman–Crippen LogP) is -0.0790. The van der Waals surface area contributed by atoms with E-state index in [2.05, 4.69) is 15.6 Å². The molecule has 1 amide bonds. The highest BCUT2D eigenvalue weighted by Gasteiger charge is 2.24. The average Bonchev–Trinajstić information content (AvgIpc) is 2.86. The number of nitrogens with one attached hydrogen (secondary N) is 1. The Morgan fingerprint density at radius 3 is 2.90 bits per heavy atom. The molecular formula is C13H21N5O2. The zero-order valence-electron chi connectivity index (χ0n) is 11.8. The van der Waals surface area contributed by atoms with Crippen molar-refractivity contribution >= 4 is 5.91 Å². The van der Waals surface area contributed by atoms with Gasteiger partial charge in [-0.05, 0) is 18.8 Å². The summed E-state index contributed by atoms with van der Waals surface area (Å²) in [6.45, 7) is 4.17. The van der Waals surface area contributed by atoms with Gasteiger partial charge >= 0.3 is 0 Å². The molecule has 20 heavy (non-hydrogen) atoms. The highest BCUT2D eigenvalue weighted by molar-refractivity contribution is 5.91. The highest BCUT2D eigenvalue weighted by atomic mass is 16.5. The van der Waals surface area contributed by atoms with E-state index in [1.807, 2.05) is 7.05 Å². The monoisotopic (exact) mass is 279 g/mol. The molecule has 110 valence electrons. The maximum atomic E-state index is 12.3. The second-order valence-electron chi connectivity index (χ2n) is 5.64. The van der Waals surface area contributed by atoms with Crippen LogP contribution in [0.15, 0.2) is 6.20 Å². The second-order valence-corrected chi connectivity index (χ2v) is 5.64. The Labute approximate surface area is 118 Å². The molecule has 7 nitrogen and oxygen atoms in total. The van der Waals surface area contributed by atoms with Gasteiger partial charge in [0.15, 0.2) is 5.69 Å². The standard InChI is InChI=1S/C13H21N5O2/c1-17(8-10-2-4-20-5-3-10)13(19)12-9-18(16-15-12)11-6-14-7-11/h9-11,14H,2-8H2,1H3. The number of carbonyl (C=O) groups is 1. The molecule has 7 heteroatoms. The van der Waals surface area contributed by atoms with Crippen molar-refractivity contribution in [3.63, 3.8) is 0 Å². The smallest absolute Gasteiger partial charge is 0.275 e. The van der Waals surface area contributed by atoms with Gasteiger partial charge in [-0.2, -0.15) is 0 Å². The first-order chi connectivity index (χ1) is 9.74. The third-order valence-electron chi connectivity index (χ3n) is 4.08. The SMILES string of the molecule is CN(CC1CCOCC1)C(=O)c1cn(C2CNC2)nn1. The normalized spacial score (nSPS) is 20.6. The van der Waals surface area contributed by atoms with E-state index >= 15 is 0 Å². The van der Waals surface area contributed by atoms with E-state index in [9.17, 15) is 4.79 Å². The van der Waals surface area contributed by atoms with Crippen molar-refractivity contribution in [3.8, 4) is 0 Å². The molecule has 0 saturated carbocycles. The van der Waals surface area contributed by atoms with Gasteiger partial charge in [0.1, 0.15) is 0 Å². The van der Waals surface area contributed by atoms with E-state index in [0.717, 1.165) is 45.7 Å². The Kier molecular flexibility index (Phi) is 3.98. The summed E-state index contributed by atoms with van der Waals surface area (Å²) in [5.74, 6) is 0.485. The van der Waals surface area contributed by atoms with E-state index < -0.39 is 0 Å². The first-order valence-electron chi connectivity index (χ1n) is 7.20. The lowest BCUT2D eigenvalue weighted by atomic mass is 10.00. The largest absolute Gasteiger partial charge is 0.381 e. The fourth-order valence-electron chi connectivity index (χ4n) is 2.61. The quantitative estimate of drug-likeness (QED) is 0.834. The van der Waals surface area contributed by atoms with E-state index in [-0.39, 0.29) is 5.91 Å². The molecule has 0 atom stereocenters. The van der Waals surface area contributed by atoms with Gasteiger partial charge in [0.2, 0.25) is 0 Å². The first-order valence-corrected chi connectivity index (χ1v) is 7.20. The molecule has 2 aliphatic heterocycles. The van der Waals surface area contributed by atoms with Gasteiger partial charge in [-0.1, -0.05) is 5.21 Å². The van der Waals surface area contributed by atoms with Crippen LogP contribution in [-0.4, -0.2) is 65.7 Å².